The van der Waals surface area contributed by atoms with Crippen LogP contribution in [0.5, 0.6) is 0 Å². The molecule has 0 saturated heterocycles. The Balaban J connectivity index is 0.834. The molecule has 0 radical (unpaired) electrons. The SMILES string of the molecule is Cc1cc(C)c(B(c2ccc3oc4ccc(-c5ccc(C67CC8CC(C6)CC(c6ccc(-p9c%10ccccc%10c%10ccccc%109)cc6)(C8)C7)cc5)cc4c3c2)c2c(C)cc(C)cc2C)c(C)c1. The molecule has 8 aromatic carbocycles. The molecule has 67 heavy (non-hydrogen) atoms. The zero-order valence-electron chi connectivity index (χ0n) is 39.8. The van der Waals surface area contributed by atoms with Gasteiger partial charge in [0.15, 0.2) is 0 Å². The van der Waals surface area contributed by atoms with E-state index in [9.17, 15) is 0 Å². The molecule has 0 aliphatic heterocycles. The maximum Gasteiger partial charge on any atom is 0.242 e. The van der Waals surface area contributed by atoms with E-state index >= 15 is 0 Å². The van der Waals surface area contributed by atoms with Crippen LogP contribution in [-0.2, 0) is 10.8 Å². The second kappa shape index (κ2) is 15.2. The van der Waals surface area contributed by atoms with Crippen molar-refractivity contribution in [1.82, 2.24) is 0 Å². The molecule has 4 aliphatic rings. The number of benzene rings is 8. The highest BCUT2D eigenvalue weighted by Crippen LogP contribution is 2.66. The predicted molar refractivity (Wildman–Crippen MR) is 289 cm³/mol. The molecule has 328 valence electrons. The zero-order valence-corrected chi connectivity index (χ0v) is 40.7. The quantitative estimate of drug-likeness (QED) is 0.145. The molecule has 10 aromatic rings. The molecule has 4 aliphatic carbocycles. The van der Waals surface area contributed by atoms with Gasteiger partial charge in [-0.2, -0.15) is 0 Å². The third-order valence-corrected chi connectivity index (χ3v) is 19.6. The van der Waals surface area contributed by atoms with Crippen LogP contribution in [0.1, 0.15) is 83.0 Å². The minimum atomic E-state index is -0.536. The van der Waals surface area contributed by atoms with Crippen molar-refractivity contribution in [3.05, 3.63) is 202 Å². The third kappa shape index (κ3) is 6.50. The molecular weight excluding hydrogens is 826 g/mol. The molecule has 0 N–H and O–H groups in total. The van der Waals surface area contributed by atoms with Gasteiger partial charge in [-0.25, -0.2) is 0 Å². The molecule has 0 amide bonds. The summed E-state index contributed by atoms with van der Waals surface area (Å²) >= 11 is 0. The van der Waals surface area contributed by atoms with E-state index in [2.05, 4.69) is 199 Å². The standard InChI is InChI=1S/C64H58BOP/c1-39-27-41(3)61(42(4)28-39)65(62-43(5)29-40(2)30-44(62)6)51-22-26-58-56(33-51)55-32-48(17-25-57(55)66-58)47-15-18-49(19-16-47)63-34-45-31-46(35-63)37-64(36-45,38-63)50-20-23-52(24-21-50)67-59-13-9-7-11-53(59)54-12-8-10-14-60(54)67/h7-30,32-33,45-46H,31,34-38H2,1-6H3. The van der Waals surface area contributed by atoms with Gasteiger partial charge in [0.25, 0.3) is 0 Å². The van der Waals surface area contributed by atoms with E-state index in [1.54, 1.807) is 11.1 Å². The van der Waals surface area contributed by atoms with Gasteiger partial charge in [0.1, 0.15) is 11.2 Å². The first-order chi connectivity index (χ1) is 32.5. The Morgan fingerprint density at radius 3 is 1.46 bits per heavy atom. The first-order valence-electron chi connectivity index (χ1n) is 24.8. The third-order valence-electron chi connectivity index (χ3n) is 17.1. The van der Waals surface area contributed by atoms with Crippen molar-refractivity contribution in [2.75, 3.05) is 0 Å². The second-order valence-corrected chi connectivity index (χ2v) is 23.8. The van der Waals surface area contributed by atoms with Crippen molar-refractivity contribution < 1.29 is 4.42 Å². The topological polar surface area (TPSA) is 13.1 Å². The number of hydrogen-bond donors (Lipinski definition) is 0. The summed E-state index contributed by atoms with van der Waals surface area (Å²) in [6.45, 7) is 13.7. The maximum absolute atomic E-state index is 6.58. The average Bonchev–Trinajstić information content (AvgIpc) is 3.85. The Bertz CT molecular complexity index is 3450. The zero-order chi connectivity index (χ0) is 45.3. The smallest absolute Gasteiger partial charge is 0.242 e. The Labute approximate surface area is 397 Å². The van der Waals surface area contributed by atoms with E-state index in [0.717, 1.165) is 23.0 Å². The summed E-state index contributed by atoms with van der Waals surface area (Å²) in [5.74, 6) is 1.61. The highest BCUT2D eigenvalue weighted by Gasteiger charge is 2.58. The van der Waals surface area contributed by atoms with Crippen LogP contribution in [0, 0.1) is 53.4 Å². The number of rotatable bonds is 7. The van der Waals surface area contributed by atoms with Crippen LogP contribution < -0.4 is 16.4 Å². The fraction of sp³-hybridized carbons (Fsp3) is 0.250. The van der Waals surface area contributed by atoms with Gasteiger partial charge in [0, 0.05) is 21.0 Å². The monoisotopic (exact) mass is 884 g/mol. The number of furan rings is 1. The lowest BCUT2D eigenvalue weighted by atomic mass is 9.34. The lowest BCUT2D eigenvalue weighted by Gasteiger charge is -2.63. The number of hydrogen-bond acceptors (Lipinski definition) is 1. The maximum atomic E-state index is 6.58. The summed E-state index contributed by atoms with van der Waals surface area (Å²) in [4.78, 5) is 0. The highest BCUT2D eigenvalue weighted by molar-refractivity contribution is 7.67. The summed E-state index contributed by atoms with van der Waals surface area (Å²) in [7, 11) is -0.536. The molecule has 2 aromatic heterocycles. The van der Waals surface area contributed by atoms with Gasteiger partial charge in [0.05, 0.1) is 0 Å². The molecule has 2 unspecified atom stereocenters. The summed E-state index contributed by atoms with van der Waals surface area (Å²) in [5, 5.41) is 9.71. The van der Waals surface area contributed by atoms with Crippen LogP contribution in [-0.4, -0.2) is 6.71 Å². The second-order valence-electron chi connectivity index (χ2n) is 21.6. The molecule has 4 saturated carbocycles. The van der Waals surface area contributed by atoms with E-state index in [-0.39, 0.29) is 17.5 Å². The summed E-state index contributed by atoms with van der Waals surface area (Å²) < 4.78 is 6.58. The molecule has 2 atom stereocenters. The Morgan fingerprint density at radius 2 is 0.925 bits per heavy atom. The van der Waals surface area contributed by atoms with Gasteiger partial charge in [-0.3, -0.25) is 0 Å². The largest absolute Gasteiger partial charge is 0.456 e. The first kappa shape index (κ1) is 41.1. The Hall–Kier alpha value is -6.08. The molecule has 4 bridgehead atoms. The fourth-order valence-corrected chi connectivity index (χ4v) is 17.6. The Kier molecular flexibility index (Phi) is 9.34. The minimum Gasteiger partial charge on any atom is -0.456 e. The van der Waals surface area contributed by atoms with Crippen molar-refractivity contribution in [3.8, 4) is 16.4 Å². The van der Waals surface area contributed by atoms with E-state index in [0.29, 0.717) is 0 Å². The van der Waals surface area contributed by atoms with Crippen LogP contribution in [0.3, 0.4) is 0 Å². The Morgan fingerprint density at radius 1 is 0.463 bits per heavy atom. The van der Waals surface area contributed by atoms with Crippen molar-refractivity contribution in [2.24, 2.45) is 11.8 Å². The van der Waals surface area contributed by atoms with Crippen LogP contribution in [0.2, 0.25) is 0 Å². The molecule has 0 spiro atoms. The van der Waals surface area contributed by atoms with E-state index in [4.69, 9.17) is 4.42 Å². The molecule has 2 heterocycles. The number of aryl methyl sites for hydroxylation is 6. The fourth-order valence-electron chi connectivity index (χ4n) is 15.0. The van der Waals surface area contributed by atoms with Gasteiger partial charge in [0.2, 0.25) is 6.71 Å². The molecule has 14 rings (SSSR count). The van der Waals surface area contributed by atoms with Gasteiger partial charge in [-0.05, 0) is 159 Å². The summed E-state index contributed by atoms with van der Waals surface area (Å²) in [6.07, 6.45) is 8.04. The lowest BCUT2D eigenvalue weighted by molar-refractivity contribution is -0.0281. The van der Waals surface area contributed by atoms with Crippen LogP contribution >= 0.6 is 7.53 Å². The molecule has 3 heteroatoms. The van der Waals surface area contributed by atoms with Crippen LogP contribution in [0.4, 0.5) is 0 Å². The lowest BCUT2D eigenvalue weighted by Crippen LogP contribution is -2.55. The highest BCUT2D eigenvalue weighted by atomic mass is 31.1. The van der Waals surface area contributed by atoms with E-state index < -0.39 is 7.53 Å². The normalized spacial score (nSPS) is 21.0. The predicted octanol–water partition coefficient (Wildman–Crippen LogP) is 15.7. The minimum absolute atomic E-state index is 0.114. The molecule has 4 fully saturated rings. The molecule has 1 nitrogen and oxygen atoms in total. The van der Waals surface area contributed by atoms with Crippen molar-refractivity contribution in [2.45, 2.75) is 90.9 Å². The summed E-state index contributed by atoms with van der Waals surface area (Å²) in [5.41, 5.74) is 20.2. The van der Waals surface area contributed by atoms with E-state index in [1.165, 1.54) is 137 Å². The average molecular weight is 885 g/mol. The van der Waals surface area contributed by atoms with Gasteiger partial charge < -0.3 is 4.42 Å². The molecular formula is C64H58BOP. The number of fused-ring (bicyclic) bond motifs is 6. The van der Waals surface area contributed by atoms with E-state index in [1.807, 2.05) is 0 Å². The van der Waals surface area contributed by atoms with Crippen molar-refractivity contribution in [3.63, 3.8) is 0 Å². The van der Waals surface area contributed by atoms with Crippen molar-refractivity contribution >= 4 is 73.6 Å². The van der Waals surface area contributed by atoms with Gasteiger partial charge >= 0.3 is 0 Å². The van der Waals surface area contributed by atoms with Crippen LogP contribution in [0.15, 0.2) is 162 Å². The van der Waals surface area contributed by atoms with Crippen molar-refractivity contribution in [1.29, 1.82) is 0 Å². The first-order valence-corrected chi connectivity index (χ1v) is 26.2. The van der Waals surface area contributed by atoms with Gasteiger partial charge in [-0.1, -0.05) is 197 Å². The van der Waals surface area contributed by atoms with Gasteiger partial charge in [-0.15, -0.1) is 0 Å². The summed E-state index contributed by atoms with van der Waals surface area (Å²) in [6, 6.07) is 61.4. The van der Waals surface area contributed by atoms with Crippen LogP contribution in [0.25, 0.3) is 59.4 Å².